The fourth-order valence-corrected chi connectivity index (χ4v) is 6.15. The van der Waals surface area contributed by atoms with Gasteiger partial charge in [-0.15, -0.1) is 0 Å². The molecule has 1 aliphatic rings. The Morgan fingerprint density at radius 2 is 1.64 bits per heavy atom. The second kappa shape index (κ2) is 8.58. The SMILES string of the molecule is Cc1ccc(S(=O)(=O)N2CCc3ccc(NS(=O)(=O)c4cccc([N+](=O)[O-])c4)cc3C2)cc1. The minimum absolute atomic E-state index is 0.109. The van der Waals surface area contributed by atoms with Gasteiger partial charge in [0.2, 0.25) is 10.0 Å². The molecular formula is C22H21N3O6S2. The molecule has 4 rings (SSSR count). The van der Waals surface area contributed by atoms with Gasteiger partial charge in [-0.3, -0.25) is 14.8 Å². The van der Waals surface area contributed by atoms with Gasteiger partial charge in [-0.2, -0.15) is 4.31 Å². The first-order valence-corrected chi connectivity index (χ1v) is 12.9. The Morgan fingerprint density at radius 1 is 0.909 bits per heavy atom. The van der Waals surface area contributed by atoms with E-state index in [1.165, 1.54) is 22.5 Å². The van der Waals surface area contributed by atoms with Gasteiger partial charge in [0.05, 0.1) is 14.7 Å². The standard InChI is InChI=1S/C22H21N3O6S2/c1-16-5-9-21(10-6-16)33(30,31)24-12-11-17-7-8-19(13-18(17)15-24)23-32(28,29)22-4-2-3-20(14-22)25(26)27/h2-10,13-14,23H,11-12,15H2,1H3. The summed E-state index contributed by atoms with van der Waals surface area (Å²) in [5, 5.41) is 11.0. The molecule has 0 aromatic heterocycles. The number of hydrogen-bond acceptors (Lipinski definition) is 6. The lowest BCUT2D eigenvalue weighted by atomic mass is 10.0. The first-order chi connectivity index (χ1) is 15.6. The van der Waals surface area contributed by atoms with Crippen LogP contribution >= 0.6 is 0 Å². The van der Waals surface area contributed by atoms with E-state index >= 15 is 0 Å². The third kappa shape index (κ3) is 4.75. The van der Waals surface area contributed by atoms with E-state index in [-0.39, 0.29) is 27.7 Å². The first kappa shape index (κ1) is 22.9. The molecule has 0 amide bonds. The van der Waals surface area contributed by atoms with Gasteiger partial charge in [0, 0.05) is 30.9 Å². The molecule has 0 atom stereocenters. The van der Waals surface area contributed by atoms with E-state index in [1.807, 2.05) is 6.92 Å². The number of sulfonamides is 2. The van der Waals surface area contributed by atoms with E-state index in [0.29, 0.717) is 18.5 Å². The van der Waals surface area contributed by atoms with Crippen molar-refractivity contribution in [3.63, 3.8) is 0 Å². The second-order valence-electron chi connectivity index (χ2n) is 7.75. The number of rotatable bonds is 6. The largest absolute Gasteiger partial charge is 0.280 e. The number of nitrogens with one attached hydrogen (secondary N) is 1. The molecule has 0 unspecified atom stereocenters. The summed E-state index contributed by atoms with van der Waals surface area (Å²) in [4.78, 5) is 10.3. The third-order valence-corrected chi connectivity index (χ3v) is 8.67. The Hall–Kier alpha value is -3.28. The van der Waals surface area contributed by atoms with Crippen molar-refractivity contribution in [2.45, 2.75) is 29.7 Å². The molecular weight excluding hydrogens is 466 g/mol. The molecule has 3 aromatic rings. The lowest BCUT2D eigenvalue weighted by Crippen LogP contribution is -2.36. The summed E-state index contributed by atoms with van der Waals surface area (Å²) in [7, 11) is -7.77. The summed E-state index contributed by atoms with van der Waals surface area (Å²) in [6, 6.07) is 16.3. The number of fused-ring (bicyclic) bond motifs is 1. The maximum Gasteiger partial charge on any atom is 0.270 e. The molecule has 0 bridgehead atoms. The van der Waals surface area contributed by atoms with Gasteiger partial charge < -0.3 is 0 Å². The maximum atomic E-state index is 13.1. The molecule has 1 heterocycles. The first-order valence-electron chi connectivity index (χ1n) is 10.0. The summed E-state index contributed by atoms with van der Waals surface area (Å²) in [5.74, 6) is 0. The zero-order valence-electron chi connectivity index (χ0n) is 17.6. The molecule has 0 saturated heterocycles. The lowest BCUT2D eigenvalue weighted by Gasteiger charge is -2.28. The molecule has 0 fully saturated rings. The summed E-state index contributed by atoms with van der Waals surface area (Å²) < 4.78 is 55.4. The molecule has 1 aliphatic heterocycles. The molecule has 0 radical (unpaired) electrons. The van der Waals surface area contributed by atoms with Crippen molar-refractivity contribution in [1.29, 1.82) is 0 Å². The third-order valence-electron chi connectivity index (χ3n) is 5.43. The van der Waals surface area contributed by atoms with Crippen molar-refractivity contribution in [2.75, 3.05) is 11.3 Å². The molecule has 33 heavy (non-hydrogen) atoms. The molecule has 172 valence electrons. The van der Waals surface area contributed by atoms with Crippen molar-refractivity contribution in [3.05, 3.63) is 93.5 Å². The minimum atomic E-state index is -4.07. The molecule has 11 heteroatoms. The van der Waals surface area contributed by atoms with Crippen LogP contribution in [0.15, 0.2) is 76.5 Å². The van der Waals surface area contributed by atoms with Crippen LogP contribution in [0, 0.1) is 17.0 Å². The van der Waals surface area contributed by atoms with Gasteiger partial charge in [0.1, 0.15) is 0 Å². The normalized spacial score (nSPS) is 14.5. The zero-order valence-corrected chi connectivity index (χ0v) is 19.3. The van der Waals surface area contributed by atoms with E-state index in [9.17, 15) is 26.9 Å². The number of anilines is 1. The number of nitro groups is 1. The molecule has 1 N–H and O–H groups in total. The predicted molar refractivity (Wildman–Crippen MR) is 123 cm³/mol. The highest BCUT2D eigenvalue weighted by atomic mass is 32.2. The van der Waals surface area contributed by atoms with Crippen LogP contribution in [0.3, 0.4) is 0 Å². The van der Waals surface area contributed by atoms with Gasteiger partial charge in [0.25, 0.3) is 15.7 Å². The van der Waals surface area contributed by atoms with Gasteiger partial charge in [0.15, 0.2) is 0 Å². The van der Waals surface area contributed by atoms with E-state index in [0.717, 1.165) is 17.2 Å². The number of benzene rings is 3. The van der Waals surface area contributed by atoms with Crippen LogP contribution in [0.5, 0.6) is 0 Å². The van der Waals surface area contributed by atoms with E-state index in [2.05, 4.69) is 4.72 Å². The van der Waals surface area contributed by atoms with Crippen LogP contribution in [0.25, 0.3) is 0 Å². The van der Waals surface area contributed by atoms with Crippen LogP contribution in [-0.2, 0) is 33.0 Å². The van der Waals surface area contributed by atoms with Gasteiger partial charge in [-0.05, 0) is 54.8 Å². The van der Waals surface area contributed by atoms with Crippen LogP contribution < -0.4 is 4.72 Å². The van der Waals surface area contributed by atoms with Crippen LogP contribution in [-0.4, -0.2) is 32.6 Å². The monoisotopic (exact) mass is 487 g/mol. The van der Waals surface area contributed by atoms with E-state index < -0.39 is 25.0 Å². The highest BCUT2D eigenvalue weighted by Gasteiger charge is 2.28. The van der Waals surface area contributed by atoms with Crippen molar-refractivity contribution in [2.24, 2.45) is 0 Å². The van der Waals surface area contributed by atoms with Gasteiger partial charge in [-0.1, -0.05) is 29.8 Å². The Labute approximate surface area is 191 Å². The van der Waals surface area contributed by atoms with Crippen molar-refractivity contribution in [1.82, 2.24) is 4.31 Å². The van der Waals surface area contributed by atoms with Gasteiger partial charge in [-0.25, -0.2) is 16.8 Å². The summed E-state index contributed by atoms with van der Waals surface area (Å²) in [5.41, 5.74) is 2.49. The quantitative estimate of drug-likeness (QED) is 0.419. The fraction of sp³-hybridized carbons (Fsp3) is 0.182. The lowest BCUT2D eigenvalue weighted by molar-refractivity contribution is -0.385. The molecule has 3 aromatic carbocycles. The molecule has 0 saturated carbocycles. The topological polar surface area (TPSA) is 127 Å². The number of nitrogens with zero attached hydrogens (tertiary/aromatic N) is 2. The average molecular weight is 488 g/mol. The Balaban J connectivity index is 1.58. The van der Waals surface area contributed by atoms with Gasteiger partial charge >= 0.3 is 0 Å². The smallest absolute Gasteiger partial charge is 0.270 e. The van der Waals surface area contributed by atoms with Crippen molar-refractivity contribution in [3.8, 4) is 0 Å². The minimum Gasteiger partial charge on any atom is -0.280 e. The van der Waals surface area contributed by atoms with Crippen LogP contribution in [0.4, 0.5) is 11.4 Å². The number of nitro benzene ring substituents is 1. The Morgan fingerprint density at radius 3 is 2.33 bits per heavy atom. The highest BCUT2D eigenvalue weighted by Crippen LogP contribution is 2.28. The van der Waals surface area contributed by atoms with Crippen LogP contribution in [0.2, 0.25) is 0 Å². The van der Waals surface area contributed by atoms with Crippen molar-refractivity contribution >= 4 is 31.4 Å². The Kier molecular flexibility index (Phi) is 5.95. The molecule has 9 nitrogen and oxygen atoms in total. The Bertz CT molecular complexity index is 1440. The summed E-state index contributed by atoms with van der Waals surface area (Å²) >= 11 is 0. The number of aryl methyl sites for hydroxylation is 1. The highest BCUT2D eigenvalue weighted by molar-refractivity contribution is 7.92. The van der Waals surface area contributed by atoms with Crippen LogP contribution in [0.1, 0.15) is 16.7 Å². The zero-order chi connectivity index (χ0) is 23.8. The number of hydrogen-bond donors (Lipinski definition) is 1. The molecule has 0 spiro atoms. The van der Waals surface area contributed by atoms with Crippen molar-refractivity contribution < 1.29 is 21.8 Å². The summed E-state index contributed by atoms with van der Waals surface area (Å²) in [6.07, 6.45) is 0.498. The molecule has 0 aliphatic carbocycles. The summed E-state index contributed by atoms with van der Waals surface area (Å²) in [6.45, 7) is 2.31. The maximum absolute atomic E-state index is 13.1. The second-order valence-corrected chi connectivity index (χ2v) is 11.4. The van der Waals surface area contributed by atoms with E-state index in [4.69, 9.17) is 0 Å². The average Bonchev–Trinajstić information content (AvgIpc) is 2.78. The number of non-ortho nitro benzene ring substituents is 1. The van der Waals surface area contributed by atoms with E-state index in [1.54, 1.807) is 42.5 Å². The predicted octanol–water partition coefficient (Wildman–Crippen LogP) is 3.45. The fourth-order valence-electron chi connectivity index (χ4n) is 3.64.